The van der Waals surface area contributed by atoms with Crippen LogP contribution in [0.3, 0.4) is 0 Å². The summed E-state index contributed by atoms with van der Waals surface area (Å²) in [4.78, 5) is 21.7. The monoisotopic (exact) mass is 405 g/mol. The molecule has 7 nitrogen and oxygen atoms in total. The van der Waals surface area contributed by atoms with Crippen LogP contribution in [0.1, 0.15) is 41.5 Å². The molecule has 0 spiro atoms. The highest BCUT2D eigenvalue weighted by atomic mass is 15.3. The zero-order chi connectivity index (χ0) is 20.7. The molecule has 0 radical (unpaired) electrons. The van der Waals surface area contributed by atoms with Crippen LogP contribution in [0.4, 0.5) is 5.95 Å². The van der Waals surface area contributed by atoms with Gasteiger partial charge in [0.1, 0.15) is 5.65 Å². The van der Waals surface area contributed by atoms with E-state index in [1.54, 1.807) is 0 Å². The van der Waals surface area contributed by atoms with Crippen LogP contribution < -0.4 is 4.90 Å². The first-order valence-electron chi connectivity index (χ1n) is 11.0. The first kappa shape index (κ1) is 19.5. The number of hydrogen-bond donors (Lipinski definition) is 0. The van der Waals surface area contributed by atoms with Gasteiger partial charge in [-0.05, 0) is 51.9 Å². The summed E-state index contributed by atoms with van der Waals surface area (Å²) in [5, 5.41) is 0. The van der Waals surface area contributed by atoms with Crippen molar-refractivity contribution in [2.75, 3.05) is 45.2 Å². The van der Waals surface area contributed by atoms with Gasteiger partial charge in [-0.25, -0.2) is 9.97 Å². The van der Waals surface area contributed by atoms with Gasteiger partial charge in [-0.2, -0.15) is 0 Å². The van der Waals surface area contributed by atoms with E-state index in [2.05, 4.69) is 64.5 Å². The number of pyridine rings is 1. The van der Waals surface area contributed by atoms with Crippen LogP contribution in [0.2, 0.25) is 0 Å². The summed E-state index contributed by atoms with van der Waals surface area (Å²) in [6, 6.07) is 6.72. The molecule has 0 N–H and O–H groups in total. The van der Waals surface area contributed by atoms with E-state index >= 15 is 0 Å². The maximum Gasteiger partial charge on any atom is 0.211 e. The molecule has 1 atom stereocenters. The summed E-state index contributed by atoms with van der Waals surface area (Å²) in [6.45, 7) is 7.00. The molecule has 7 heteroatoms. The van der Waals surface area contributed by atoms with Crippen molar-refractivity contribution in [3.63, 3.8) is 0 Å². The molecule has 0 saturated carbocycles. The number of anilines is 1. The Labute approximate surface area is 178 Å². The highest BCUT2D eigenvalue weighted by molar-refractivity contribution is 5.50. The minimum Gasteiger partial charge on any atom is -0.339 e. The second kappa shape index (κ2) is 7.96. The van der Waals surface area contributed by atoms with E-state index in [-0.39, 0.29) is 0 Å². The van der Waals surface area contributed by atoms with Gasteiger partial charge in [-0.15, -0.1) is 0 Å². The molecule has 3 aromatic rings. The SMILES string of the molecule is Cc1cc2nc(CN(C)[C@H]3CCCc4cccnc43)cn2c(N2CCN(C)CC2)n1. The van der Waals surface area contributed by atoms with Crippen LogP contribution in [0.25, 0.3) is 5.65 Å². The van der Waals surface area contributed by atoms with Crippen molar-refractivity contribution < 1.29 is 0 Å². The Morgan fingerprint density at radius 3 is 2.83 bits per heavy atom. The molecular formula is C23H31N7. The molecule has 4 heterocycles. The number of fused-ring (bicyclic) bond motifs is 2. The summed E-state index contributed by atoms with van der Waals surface area (Å²) in [6.07, 6.45) is 7.61. The summed E-state index contributed by atoms with van der Waals surface area (Å²) in [5.41, 5.74) is 5.73. The lowest BCUT2D eigenvalue weighted by Gasteiger charge is -2.33. The maximum absolute atomic E-state index is 4.96. The fraction of sp³-hybridized carbons (Fsp3) is 0.522. The van der Waals surface area contributed by atoms with E-state index in [4.69, 9.17) is 15.0 Å². The number of likely N-dealkylation sites (N-methyl/N-ethyl adjacent to an activating group) is 1. The summed E-state index contributed by atoms with van der Waals surface area (Å²) >= 11 is 0. The fourth-order valence-electron chi connectivity index (χ4n) is 4.82. The minimum atomic E-state index is 0.358. The number of imidazole rings is 1. The lowest BCUT2D eigenvalue weighted by Crippen LogP contribution is -2.45. The minimum absolute atomic E-state index is 0.358. The van der Waals surface area contributed by atoms with Crippen LogP contribution in [0.5, 0.6) is 0 Å². The Morgan fingerprint density at radius 1 is 1.17 bits per heavy atom. The second-order valence-corrected chi connectivity index (χ2v) is 8.82. The Morgan fingerprint density at radius 2 is 2.00 bits per heavy atom. The molecule has 5 rings (SSSR count). The third kappa shape index (κ3) is 3.68. The Kier molecular flexibility index (Phi) is 5.16. The van der Waals surface area contributed by atoms with Crippen molar-refractivity contribution in [3.8, 4) is 0 Å². The van der Waals surface area contributed by atoms with E-state index < -0.39 is 0 Å². The van der Waals surface area contributed by atoms with E-state index in [9.17, 15) is 0 Å². The van der Waals surface area contributed by atoms with Crippen molar-refractivity contribution >= 4 is 11.6 Å². The van der Waals surface area contributed by atoms with Gasteiger partial charge in [0.2, 0.25) is 5.95 Å². The number of piperazine rings is 1. The average Bonchev–Trinajstić information content (AvgIpc) is 3.15. The van der Waals surface area contributed by atoms with E-state index in [0.29, 0.717) is 6.04 Å². The van der Waals surface area contributed by atoms with Gasteiger partial charge in [-0.3, -0.25) is 14.3 Å². The normalized spacial score (nSPS) is 20.1. The maximum atomic E-state index is 4.96. The third-order valence-electron chi connectivity index (χ3n) is 6.51. The molecule has 1 aliphatic heterocycles. The topological polar surface area (TPSA) is 52.8 Å². The Hall–Kier alpha value is -2.51. The highest BCUT2D eigenvalue weighted by Crippen LogP contribution is 2.32. The highest BCUT2D eigenvalue weighted by Gasteiger charge is 2.26. The van der Waals surface area contributed by atoms with Gasteiger partial charge in [0.15, 0.2) is 0 Å². The van der Waals surface area contributed by atoms with Crippen LogP contribution in [0.15, 0.2) is 30.6 Å². The van der Waals surface area contributed by atoms with Gasteiger partial charge in [-0.1, -0.05) is 6.07 Å². The van der Waals surface area contributed by atoms with Crippen molar-refractivity contribution in [2.24, 2.45) is 0 Å². The van der Waals surface area contributed by atoms with Crippen molar-refractivity contribution in [1.29, 1.82) is 0 Å². The molecule has 158 valence electrons. The first-order valence-corrected chi connectivity index (χ1v) is 11.0. The molecule has 0 amide bonds. The molecule has 2 aliphatic rings. The van der Waals surface area contributed by atoms with Crippen molar-refractivity contribution in [3.05, 3.63) is 53.2 Å². The van der Waals surface area contributed by atoms with E-state index in [1.165, 1.54) is 17.7 Å². The first-order chi connectivity index (χ1) is 14.6. The second-order valence-electron chi connectivity index (χ2n) is 8.82. The molecule has 0 bridgehead atoms. The van der Waals surface area contributed by atoms with Crippen LogP contribution >= 0.6 is 0 Å². The quantitative estimate of drug-likeness (QED) is 0.665. The molecule has 1 fully saturated rings. The number of aryl methyl sites for hydroxylation is 2. The van der Waals surface area contributed by atoms with Gasteiger partial charge < -0.3 is 9.80 Å². The number of nitrogens with zero attached hydrogens (tertiary/aromatic N) is 7. The smallest absolute Gasteiger partial charge is 0.211 e. The standard InChI is InChI=1S/C23H31N7/c1-17-14-21-26-19(16-30(21)23(25-17)29-12-10-27(2)11-13-29)15-28(3)20-8-4-6-18-7-5-9-24-22(18)20/h5,7,9,14,16,20H,4,6,8,10-13,15H2,1-3H3/t20-/m0/s1. The predicted octanol–water partition coefficient (Wildman–Crippen LogP) is 2.69. The third-order valence-corrected chi connectivity index (χ3v) is 6.51. The predicted molar refractivity (Wildman–Crippen MR) is 119 cm³/mol. The molecule has 1 saturated heterocycles. The van der Waals surface area contributed by atoms with Gasteiger partial charge >= 0.3 is 0 Å². The zero-order valence-electron chi connectivity index (χ0n) is 18.3. The van der Waals surface area contributed by atoms with Crippen LogP contribution in [-0.2, 0) is 13.0 Å². The lowest BCUT2D eigenvalue weighted by atomic mass is 9.91. The lowest BCUT2D eigenvalue weighted by molar-refractivity contribution is 0.206. The fourth-order valence-corrected chi connectivity index (χ4v) is 4.82. The largest absolute Gasteiger partial charge is 0.339 e. The van der Waals surface area contributed by atoms with Gasteiger partial charge in [0, 0.05) is 56.9 Å². The van der Waals surface area contributed by atoms with Crippen molar-refractivity contribution in [2.45, 2.75) is 38.8 Å². The van der Waals surface area contributed by atoms with E-state index in [1.807, 2.05) is 6.20 Å². The number of aromatic nitrogens is 4. The molecule has 30 heavy (non-hydrogen) atoms. The molecular weight excluding hydrogens is 374 g/mol. The summed E-state index contributed by atoms with van der Waals surface area (Å²) in [7, 11) is 4.38. The molecule has 3 aromatic heterocycles. The molecule has 1 aliphatic carbocycles. The summed E-state index contributed by atoms with van der Waals surface area (Å²) < 4.78 is 2.18. The Balaban J connectivity index is 1.41. The summed E-state index contributed by atoms with van der Waals surface area (Å²) in [5.74, 6) is 1.02. The van der Waals surface area contributed by atoms with E-state index in [0.717, 1.165) is 68.5 Å². The number of rotatable bonds is 4. The van der Waals surface area contributed by atoms with Crippen LogP contribution in [0, 0.1) is 6.92 Å². The molecule has 0 aromatic carbocycles. The van der Waals surface area contributed by atoms with Crippen molar-refractivity contribution in [1.82, 2.24) is 29.2 Å². The van der Waals surface area contributed by atoms with Gasteiger partial charge in [0.05, 0.1) is 17.4 Å². The number of hydrogen-bond acceptors (Lipinski definition) is 6. The van der Waals surface area contributed by atoms with Crippen LogP contribution in [-0.4, -0.2) is 69.4 Å². The van der Waals surface area contributed by atoms with Gasteiger partial charge in [0.25, 0.3) is 0 Å². The Bertz CT molecular complexity index is 1040. The average molecular weight is 406 g/mol. The molecule has 0 unspecified atom stereocenters. The zero-order valence-corrected chi connectivity index (χ0v) is 18.3.